The van der Waals surface area contributed by atoms with Gasteiger partial charge in [0.15, 0.2) is 10.8 Å². The van der Waals surface area contributed by atoms with Gasteiger partial charge in [-0.3, -0.25) is 5.10 Å². The molecule has 4 aromatic rings. The van der Waals surface area contributed by atoms with Crippen molar-refractivity contribution >= 4 is 27.9 Å². The zero-order valence-corrected chi connectivity index (χ0v) is 14.8. The highest BCUT2D eigenvalue weighted by Crippen LogP contribution is 2.28. The first kappa shape index (κ1) is 15.3. The summed E-state index contributed by atoms with van der Waals surface area (Å²) in [6, 6.07) is 9.53. The second-order valence-electron chi connectivity index (χ2n) is 6.01. The van der Waals surface area contributed by atoms with Crippen LogP contribution >= 0.6 is 22.9 Å². The number of aromatic amines is 1. The first-order valence-corrected chi connectivity index (χ1v) is 8.82. The lowest BCUT2D eigenvalue weighted by Gasteiger charge is -1.98. The van der Waals surface area contributed by atoms with E-state index in [1.54, 1.807) is 4.52 Å². The summed E-state index contributed by atoms with van der Waals surface area (Å²) < 4.78 is 1.75. The maximum Gasteiger partial charge on any atom is 0.235 e. The van der Waals surface area contributed by atoms with E-state index in [9.17, 15) is 0 Å². The lowest BCUT2D eigenvalue weighted by atomic mass is 10.1. The highest BCUT2D eigenvalue weighted by Gasteiger charge is 2.16. The molecule has 24 heavy (non-hydrogen) atoms. The Balaban J connectivity index is 1.71. The minimum atomic E-state index is 0.576. The number of benzene rings is 1. The van der Waals surface area contributed by atoms with E-state index in [1.165, 1.54) is 11.3 Å². The summed E-state index contributed by atoms with van der Waals surface area (Å²) in [6.45, 7) is 4.37. The fourth-order valence-corrected chi connectivity index (χ4v) is 3.44. The molecule has 0 fully saturated rings. The van der Waals surface area contributed by atoms with Crippen molar-refractivity contribution in [3.63, 3.8) is 0 Å². The van der Waals surface area contributed by atoms with Crippen LogP contribution in [0.15, 0.2) is 30.3 Å². The molecule has 122 valence electrons. The van der Waals surface area contributed by atoms with Crippen LogP contribution in [0.4, 0.5) is 0 Å². The molecule has 4 rings (SSSR count). The first-order valence-electron chi connectivity index (χ1n) is 7.63. The van der Waals surface area contributed by atoms with Gasteiger partial charge >= 0.3 is 0 Å². The number of halogens is 1. The van der Waals surface area contributed by atoms with Gasteiger partial charge in [0.05, 0.1) is 0 Å². The van der Waals surface area contributed by atoms with Gasteiger partial charge in [-0.25, -0.2) is 0 Å². The van der Waals surface area contributed by atoms with Gasteiger partial charge in [-0.15, -0.1) is 10.2 Å². The standard InChI is InChI=1S/C16H15ClN6S/c1-9(2)7-12-8-13(19-18-12)15-22-23-14(20-21-16(23)24-15)10-3-5-11(17)6-4-10/h3-6,8-9H,7H2,1-2H3,(H,18,19). The van der Waals surface area contributed by atoms with Crippen LogP contribution in [0.25, 0.3) is 27.1 Å². The average molecular weight is 359 g/mol. The van der Waals surface area contributed by atoms with E-state index >= 15 is 0 Å². The van der Waals surface area contributed by atoms with Crippen LogP contribution in [-0.4, -0.2) is 30.0 Å². The van der Waals surface area contributed by atoms with Gasteiger partial charge < -0.3 is 0 Å². The quantitative estimate of drug-likeness (QED) is 0.596. The lowest BCUT2D eigenvalue weighted by Crippen LogP contribution is -1.93. The highest BCUT2D eigenvalue weighted by molar-refractivity contribution is 7.19. The maximum absolute atomic E-state index is 5.95. The second-order valence-corrected chi connectivity index (χ2v) is 7.40. The molecule has 0 bridgehead atoms. The molecule has 1 N–H and O–H groups in total. The Morgan fingerprint density at radius 2 is 2.00 bits per heavy atom. The molecular formula is C16H15ClN6S. The predicted molar refractivity (Wildman–Crippen MR) is 95.2 cm³/mol. The molecule has 0 saturated heterocycles. The number of H-pyrrole nitrogens is 1. The van der Waals surface area contributed by atoms with E-state index < -0.39 is 0 Å². The molecule has 0 saturated carbocycles. The van der Waals surface area contributed by atoms with Gasteiger partial charge in [0.2, 0.25) is 4.96 Å². The Kier molecular flexibility index (Phi) is 3.82. The van der Waals surface area contributed by atoms with Crippen molar-refractivity contribution in [3.8, 4) is 22.1 Å². The van der Waals surface area contributed by atoms with E-state index in [2.05, 4.69) is 39.3 Å². The lowest BCUT2D eigenvalue weighted by molar-refractivity contribution is 0.633. The predicted octanol–water partition coefficient (Wildman–Crippen LogP) is 4.09. The van der Waals surface area contributed by atoms with Crippen LogP contribution in [0.3, 0.4) is 0 Å². The molecule has 0 spiro atoms. The number of rotatable bonds is 4. The molecule has 0 aliphatic heterocycles. The Morgan fingerprint density at radius 1 is 1.21 bits per heavy atom. The summed E-state index contributed by atoms with van der Waals surface area (Å²) in [6.07, 6.45) is 0.965. The Bertz CT molecular complexity index is 982. The SMILES string of the molecule is CC(C)Cc1cc(-c2nn3c(-c4ccc(Cl)cc4)nnc3s2)n[nH]1. The molecule has 0 radical (unpaired) electrons. The molecule has 3 aromatic heterocycles. The van der Waals surface area contributed by atoms with Crippen LogP contribution < -0.4 is 0 Å². The molecule has 0 aliphatic rings. The normalized spacial score (nSPS) is 11.7. The summed E-state index contributed by atoms with van der Waals surface area (Å²) >= 11 is 7.42. The molecule has 0 aliphatic carbocycles. The van der Waals surface area contributed by atoms with Gasteiger partial charge in [-0.05, 0) is 42.7 Å². The summed E-state index contributed by atoms with van der Waals surface area (Å²) in [5.74, 6) is 1.27. The zero-order valence-electron chi connectivity index (χ0n) is 13.2. The summed E-state index contributed by atoms with van der Waals surface area (Å²) in [5.41, 5.74) is 2.87. The summed E-state index contributed by atoms with van der Waals surface area (Å²) in [7, 11) is 0. The van der Waals surface area contributed by atoms with Crippen LogP contribution in [0.5, 0.6) is 0 Å². The smallest absolute Gasteiger partial charge is 0.235 e. The van der Waals surface area contributed by atoms with Gasteiger partial charge in [-0.1, -0.05) is 36.8 Å². The number of fused-ring (bicyclic) bond motifs is 1. The highest BCUT2D eigenvalue weighted by atomic mass is 35.5. The number of nitrogens with zero attached hydrogens (tertiary/aromatic N) is 5. The number of hydrogen-bond acceptors (Lipinski definition) is 5. The summed E-state index contributed by atoms with van der Waals surface area (Å²) in [4.78, 5) is 0.739. The monoisotopic (exact) mass is 358 g/mol. The van der Waals surface area contributed by atoms with Crippen molar-refractivity contribution in [1.29, 1.82) is 0 Å². The number of hydrogen-bond donors (Lipinski definition) is 1. The van der Waals surface area contributed by atoms with E-state index in [4.69, 9.17) is 11.6 Å². The van der Waals surface area contributed by atoms with Gasteiger partial charge in [-0.2, -0.15) is 14.7 Å². The van der Waals surface area contributed by atoms with Crippen LogP contribution in [0, 0.1) is 5.92 Å². The number of nitrogens with one attached hydrogen (secondary N) is 1. The number of aromatic nitrogens is 6. The van der Waals surface area contributed by atoms with Crippen molar-refractivity contribution in [1.82, 2.24) is 30.0 Å². The Morgan fingerprint density at radius 3 is 2.75 bits per heavy atom. The average Bonchev–Trinajstić information content (AvgIpc) is 3.22. The van der Waals surface area contributed by atoms with Crippen molar-refractivity contribution < 1.29 is 0 Å². The third kappa shape index (κ3) is 2.81. The van der Waals surface area contributed by atoms with Crippen LogP contribution in [-0.2, 0) is 6.42 Å². The minimum Gasteiger partial charge on any atom is -0.282 e. The molecule has 0 amide bonds. The van der Waals surface area contributed by atoms with Crippen molar-refractivity contribution in [2.24, 2.45) is 5.92 Å². The molecule has 0 atom stereocenters. The van der Waals surface area contributed by atoms with Crippen molar-refractivity contribution in [2.75, 3.05) is 0 Å². The maximum atomic E-state index is 5.95. The van der Waals surface area contributed by atoms with E-state index in [0.717, 1.165) is 33.3 Å². The Labute approximate surface area is 147 Å². The summed E-state index contributed by atoms with van der Waals surface area (Å²) in [5, 5.41) is 22.0. The van der Waals surface area contributed by atoms with Crippen LogP contribution in [0.2, 0.25) is 5.02 Å². The molecule has 8 heteroatoms. The third-order valence-electron chi connectivity index (χ3n) is 3.57. The molecule has 0 unspecified atom stereocenters. The molecule has 3 heterocycles. The first-order chi connectivity index (χ1) is 11.6. The van der Waals surface area contributed by atoms with E-state index in [-0.39, 0.29) is 0 Å². The van der Waals surface area contributed by atoms with Crippen molar-refractivity contribution in [2.45, 2.75) is 20.3 Å². The van der Waals surface area contributed by atoms with E-state index in [1.807, 2.05) is 30.3 Å². The zero-order chi connectivity index (χ0) is 16.7. The van der Waals surface area contributed by atoms with E-state index in [0.29, 0.717) is 16.8 Å². The Hall–Kier alpha value is -2.25. The minimum absolute atomic E-state index is 0.576. The topological polar surface area (TPSA) is 71.8 Å². The molecule has 1 aromatic carbocycles. The van der Waals surface area contributed by atoms with Crippen molar-refractivity contribution in [3.05, 3.63) is 41.0 Å². The van der Waals surface area contributed by atoms with Gasteiger partial charge in [0.1, 0.15) is 5.69 Å². The molecular weight excluding hydrogens is 344 g/mol. The van der Waals surface area contributed by atoms with Gasteiger partial charge in [0.25, 0.3) is 0 Å². The largest absolute Gasteiger partial charge is 0.282 e. The fraction of sp³-hybridized carbons (Fsp3) is 0.250. The second kappa shape index (κ2) is 5.99. The fourth-order valence-electron chi connectivity index (χ4n) is 2.51. The third-order valence-corrected chi connectivity index (χ3v) is 4.74. The molecule has 6 nitrogen and oxygen atoms in total. The van der Waals surface area contributed by atoms with Gasteiger partial charge in [0, 0.05) is 16.3 Å². The van der Waals surface area contributed by atoms with Crippen LogP contribution in [0.1, 0.15) is 19.5 Å².